The van der Waals surface area contributed by atoms with Crippen molar-refractivity contribution in [3.63, 3.8) is 0 Å². The van der Waals surface area contributed by atoms with Crippen LogP contribution in [0.25, 0.3) is 11.4 Å². The third kappa shape index (κ3) is 4.37. The van der Waals surface area contributed by atoms with Gasteiger partial charge in [-0.25, -0.2) is 4.39 Å². The lowest BCUT2D eigenvalue weighted by atomic mass is 10.1. The summed E-state index contributed by atoms with van der Waals surface area (Å²) in [4.78, 5) is 17.3. The van der Waals surface area contributed by atoms with Crippen LogP contribution in [-0.2, 0) is 6.54 Å². The number of benzene rings is 2. The van der Waals surface area contributed by atoms with Gasteiger partial charge in [0.15, 0.2) is 0 Å². The van der Waals surface area contributed by atoms with E-state index in [4.69, 9.17) is 4.52 Å². The van der Waals surface area contributed by atoms with Crippen LogP contribution in [-0.4, -0.2) is 25.8 Å². The molecule has 0 bridgehead atoms. The third-order valence-electron chi connectivity index (χ3n) is 5.05. The predicted octanol–water partition coefficient (Wildman–Crippen LogP) is 4.23. The summed E-state index contributed by atoms with van der Waals surface area (Å²) in [6.45, 7) is 6.04. The van der Waals surface area contributed by atoms with Gasteiger partial charge in [-0.2, -0.15) is 10.1 Å². The largest absolute Gasteiger partial charge is 0.340 e. The van der Waals surface area contributed by atoms with E-state index in [0.717, 1.165) is 11.3 Å². The van der Waals surface area contributed by atoms with Crippen LogP contribution in [0.4, 0.5) is 4.39 Å². The van der Waals surface area contributed by atoms with E-state index in [0.29, 0.717) is 29.2 Å². The monoisotopic (exact) mass is 419 g/mol. The van der Waals surface area contributed by atoms with Gasteiger partial charge in [0.1, 0.15) is 11.9 Å². The van der Waals surface area contributed by atoms with Crippen molar-refractivity contribution in [2.75, 3.05) is 0 Å². The standard InChI is InChI=1S/C23H22FN5O2/c1-14-20(16(3)29(27-14)13-17-7-5-4-6-8-17)22(30)25-15(2)23-26-21(28-31-23)18-9-11-19(24)12-10-18/h4-12,15H,13H2,1-3H3,(H,25,30). The van der Waals surface area contributed by atoms with Crippen molar-refractivity contribution < 1.29 is 13.7 Å². The van der Waals surface area contributed by atoms with Crippen molar-refractivity contribution in [2.24, 2.45) is 0 Å². The Hall–Kier alpha value is -3.81. The number of amides is 1. The van der Waals surface area contributed by atoms with E-state index < -0.39 is 6.04 Å². The first-order valence-electron chi connectivity index (χ1n) is 9.90. The fraction of sp³-hybridized carbons (Fsp3) is 0.217. The first-order valence-corrected chi connectivity index (χ1v) is 9.90. The van der Waals surface area contributed by atoms with E-state index in [-0.39, 0.29) is 17.6 Å². The molecular weight excluding hydrogens is 397 g/mol. The maximum absolute atomic E-state index is 13.1. The highest BCUT2D eigenvalue weighted by Gasteiger charge is 2.23. The highest BCUT2D eigenvalue weighted by atomic mass is 19.1. The van der Waals surface area contributed by atoms with Gasteiger partial charge < -0.3 is 9.84 Å². The molecule has 4 rings (SSSR count). The first kappa shape index (κ1) is 20.5. The normalized spacial score (nSPS) is 12.0. The Morgan fingerprint density at radius 2 is 1.84 bits per heavy atom. The van der Waals surface area contributed by atoms with Crippen LogP contribution < -0.4 is 5.32 Å². The van der Waals surface area contributed by atoms with Crippen LogP contribution in [0.2, 0.25) is 0 Å². The summed E-state index contributed by atoms with van der Waals surface area (Å²) < 4.78 is 20.2. The second-order valence-electron chi connectivity index (χ2n) is 7.35. The summed E-state index contributed by atoms with van der Waals surface area (Å²) >= 11 is 0. The highest BCUT2D eigenvalue weighted by Crippen LogP contribution is 2.20. The number of nitrogens with zero attached hydrogens (tertiary/aromatic N) is 4. The molecule has 0 spiro atoms. The van der Waals surface area contributed by atoms with Gasteiger partial charge in [0.2, 0.25) is 11.7 Å². The fourth-order valence-electron chi connectivity index (χ4n) is 3.39. The lowest BCUT2D eigenvalue weighted by molar-refractivity contribution is 0.0931. The minimum atomic E-state index is -0.509. The third-order valence-corrected chi connectivity index (χ3v) is 5.05. The van der Waals surface area contributed by atoms with Crippen molar-refractivity contribution in [2.45, 2.75) is 33.4 Å². The highest BCUT2D eigenvalue weighted by molar-refractivity contribution is 5.96. The summed E-state index contributed by atoms with van der Waals surface area (Å²) in [6.07, 6.45) is 0. The molecule has 0 saturated heterocycles. The molecule has 1 amide bonds. The van der Waals surface area contributed by atoms with Gasteiger partial charge in [0.25, 0.3) is 5.91 Å². The van der Waals surface area contributed by atoms with Gasteiger partial charge in [-0.05, 0) is 50.6 Å². The van der Waals surface area contributed by atoms with Crippen molar-refractivity contribution in [3.8, 4) is 11.4 Å². The van der Waals surface area contributed by atoms with Gasteiger partial charge in [0.05, 0.1) is 17.8 Å². The predicted molar refractivity (Wildman–Crippen MR) is 113 cm³/mol. The van der Waals surface area contributed by atoms with E-state index in [2.05, 4.69) is 20.6 Å². The van der Waals surface area contributed by atoms with Crippen LogP contribution in [0.5, 0.6) is 0 Å². The molecule has 2 aromatic heterocycles. The molecule has 1 atom stereocenters. The average molecular weight is 419 g/mol. The number of hydrogen-bond acceptors (Lipinski definition) is 5. The van der Waals surface area contributed by atoms with Gasteiger partial charge in [-0.15, -0.1) is 0 Å². The molecule has 4 aromatic rings. The maximum Gasteiger partial charge on any atom is 0.255 e. The summed E-state index contributed by atoms with van der Waals surface area (Å²) in [5, 5.41) is 11.4. The molecule has 0 aliphatic heterocycles. The van der Waals surface area contributed by atoms with Crippen LogP contribution >= 0.6 is 0 Å². The summed E-state index contributed by atoms with van der Waals surface area (Å²) in [5.74, 6) is -0.00575. The number of aromatic nitrogens is 4. The molecule has 158 valence electrons. The molecule has 2 aromatic carbocycles. The smallest absolute Gasteiger partial charge is 0.255 e. The lowest BCUT2D eigenvalue weighted by Gasteiger charge is -2.10. The zero-order chi connectivity index (χ0) is 22.0. The number of halogens is 1. The molecule has 0 fully saturated rings. The van der Waals surface area contributed by atoms with E-state index in [1.165, 1.54) is 12.1 Å². The second-order valence-corrected chi connectivity index (χ2v) is 7.35. The number of carbonyl (C=O) groups is 1. The Kier molecular flexibility index (Phi) is 5.62. The Morgan fingerprint density at radius 1 is 1.13 bits per heavy atom. The van der Waals surface area contributed by atoms with Gasteiger partial charge in [-0.3, -0.25) is 9.48 Å². The second kappa shape index (κ2) is 8.51. The lowest BCUT2D eigenvalue weighted by Crippen LogP contribution is -2.27. The van der Waals surface area contributed by atoms with Gasteiger partial charge in [-0.1, -0.05) is 35.5 Å². The SMILES string of the molecule is Cc1nn(Cc2ccccc2)c(C)c1C(=O)NC(C)c1nc(-c2ccc(F)cc2)no1. The van der Waals surface area contributed by atoms with Crippen molar-refractivity contribution in [3.05, 3.63) is 88.8 Å². The van der Waals surface area contributed by atoms with Crippen molar-refractivity contribution >= 4 is 5.91 Å². The number of carbonyl (C=O) groups excluding carboxylic acids is 1. The van der Waals surface area contributed by atoms with Crippen LogP contribution in [0, 0.1) is 19.7 Å². The Morgan fingerprint density at radius 3 is 2.55 bits per heavy atom. The quantitative estimate of drug-likeness (QED) is 0.506. The molecule has 31 heavy (non-hydrogen) atoms. The zero-order valence-electron chi connectivity index (χ0n) is 17.5. The van der Waals surface area contributed by atoms with Crippen LogP contribution in [0.1, 0.15) is 46.2 Å². The summed E-state index contributed by atoms with van der Waals surface area (Å²) in [6, 6.07) is 15.2. The van der Waals surface area contributed by atoms with Gasteiger partial charge >= 0.3 is 0 Å². The van der Waals surface area contributed by atoms with E-state index in [1.54, 1.807) is 19.1 Å². The minimum absolute atomic E-state index is 0.261. The molecular formula is C23H22FN5O2. The molecule has 0 radical (unpaired) electrons. The van der Waals surface area contributed by atoms with E-state index in [9.17, 15) is 9.18 Å². The molecule has 0 aliphatic rings. The molecule has 0 saturated carbocycles. The molecule has 7 nitrogen and oxygen atoms in total. The Balaban J connectivity index is 1.49. The first-order chi connectivity index (χ1) is 14.9. The number of aryl methyl sites for hydroxylation is 1. The van der Waals surface area contributed by atoms with E-state index >= 15 is 0 Å². The summed E-state index contributed by atoms with van der Waals surface area (Å²) in [7, 11) is 0. The zero-order valence-corrected chi connectivity index (χ0v) is 17.5. The molecule has 1 unspecified atom stereocenters. The Labute approximate surface area is 178 Å². The fourth-order valence-corrected chi connectivity index (χ4v) is 3.39. The number of nitrogens with one attached hydrogen (secondary N) is 1. The maximum atomic E-state index is 13.1. The Bertz CT molecular complexity index is 1200. The van der Waals surface area contributed by atoms with Gasteiger partial charge in [0, 0.05) is 11.3 Å². The molecule has 2 heterocycles. The molecule has 1 N–H and O–H groups in total. The molecule has 0 aliphatic carbocycles. The summed E-state index contributed by atoms with van der Waals surface area (Å²) in [5.41, 5.74) is 3.69. The van der Waals surface area contributed by atoms with Crippen LogP contribution in [0.15, 0.2) is 59.1 Å². The van der Waals surface area contributed by atoms with Crippen molar-refractivity contribution in [1.82, 2.24) is 25.2 Å². The van der Waals surface area contributed by atoms with E-state index in [1.807, 2.05) is 48.9 Å². The number of hydrogen-bond donors (Lipinski definition) is 1. The van der Waals surface area contributed by atoms with Crippen molar-refractivity contribution in [1.29, 1.82) is 0 Å². The molecule has 8 heteroatoms. The van der Waals surface area contributed by atoms with Crippen LogP contribution in [0.3, 0.4) is 0 Å². The average Bonchev–Trinajstić information content (AvgIpc) is 3.34. The minimum Gasteiger partial charge on any atom is -0.340 e. The number of rotatable bonds is 6. The topological polar surface area (TPSA) is 85.8 Å².